The lowest BCUT2D eigenvalue weighted by atomic mass is 9.91. The van der Waals surface area contributed by atoms with E-state index in [4.69, 9.17) is 0 Å². The highest BCUT2D eigenvalue weighted by atomic mass is 32.2. The van der Waals surface area contributed by atoms with E-state index in [1.54, 1.807) is 0 Å². The summed E-state index contributed by atoms with van der Waals surface area (Å²) in [5.74, 6) is 0.359. The molecule has 0 bridgehead atoms. The van der Waals surface area contributed by atoms with Crippen LogP contribution in [0, 0.1) is 11.8 Å². The lowest BCUT2D eigenvalue weighted by Crippen LogP contribution is -2.53. The van der Waals surface area contributed by atoms with Gasteiger partial charge in [0.2, 0.25) is 15.9 Å². The summed E-state index contributed by atoms with van der Waals surface area (Å²) in [7, 11) is 0.789. The number of nitrogens with zero attached hydrogens (tertiary/aromatic N) is 3. The second-order valence-corrected chi connectivity index (χ2v) is 8.99. The second kappa shape index (κ2) is 6.84. The number of rotatable bonds is 3. The predicted molar refractivity (Wildman–Crippen MR) is 87.0 cm³/mol. The normalized spacial score (nSPS) is 31.9. The molecule has 0 aromatic heterocycles. The van der Waals surface area contributed by atoms with Gasteiger partial charge in [-0.1, -0.05) is 6.92 Å². The molecule has 128 valence electrons. The molecule has 2 heterocycles. The van der Waals surface area contributed by atoms with Crippen molar-refractivity contribution in [3.8, 4) is 0 Å². The molecule has 0 aromatic rings. The van der Waals surface area contributed by atoms with Gasteiger partial charge in [-0.15, -0.1) is 0 Å². The largest absolute Gasteiger partial charge is 0.342 e. The van der Waals surface area contributed by atoms with Crippen LogP contribution in [-0.2, 0) is 14.8 Å². The summed E-state index contributed by atoms with van der Waals surface area (Å²) in [5.41, 5.74) is 0. The number of hydrogen-bond donors (Lipinski definition) is 0. The number of amides is 1. The van der Waals surface area contributed by atoms with E-state index in [0.717, 1.165) is 32.4 Å². The van der Waals surface area contributed by atoms with Crippen LogP contribution in [0.15, 0.2) is 0 Å². The van der Waals surface area contributed by atoms with Crippen LogP contribution in [0.1, 0.15) is 26.2 Å². The van der Waals surface area contributed by atoms with E-state index in [2.05, 4.69) is 18.9 Å². The van der Waals surface area contributed by atoms with E-state index in [0.29, 0.717) is 19.0 Å². The first-order valence-electron chi connectivity index (χ1n) is 8.10. The van der Waals surface area contributed by atoms with Crippen molar-refractivity contribution in [1.29, 1.82) is 0 Å². The molecule has 2 saturated heterocycles. The minimum absolute atomic E-state index is 0.106. The van der Waals surface area contributed by atoms with Crippen molar-refractivity contribution in [2.45, 2.75) is 32.2 Å². The first-order chi connectivity index (χ1) is 10.2. The van der Waals surface area contributed by atoms with Crippen LogP contribution in [0.4, 0.5) is 0 Å². The highest BCUT2D eigenvalue weighted by Crippen LogP contribution is 2.25. The van der Waals surface area contributed by atoms with Gasteiger partial charge < -0.3 is 9.80 Å². The van der Waals surface area contributed by atoms with E-state index in [1.165, 1.54) is 10.6 Å². The van der Waals surface area contributed by atoms with Gasteiger partial charge >= 0.3 is 0 Å². The predicted octanol–water partition coefficient (Wildman–Crippen LogP) is 0.457. The molecular weight excluding hydrogens is 302 g/mol. The Balaban J connectivity index is 2.01. The van der Waals surface area contributed by atoms with E-state index in [1.807, 2.05) is 11.9 Å². The fourth-order valence-electron chi connectivity index (χ4n) is 3.81. The molecular formula is C15H29N3O3S. The molecule has 6 nitrogen and oxygen atoms in total. The highest BCUT2D eigenvalue weighted by Gasteiger charge is 2.36. The molecule has 0 aliphatic carbocycles. The quantitative estimate of drug-likeness (QED) is 0.754. The fraction of sp³-hybridized carbons (Fsp3) is 0.933. The Kier molecular flexibility index (Phi) is 5.50. The average molecular weight is 331 g/mol. The molecule has 0 saturated carbocycles. The number of sulfonamides is 1. The van der Waals surface area contributed by atoms with Crippen LogP contribution in [0.5, 0.6) is 0 Å². The zero-order valence-electron chi connectivity index (χ0n) is 14.2. The molecule has 0 spiro atoms. The fourth-order valence-corrected chi connectivity index (χ4v) is 4.73. The summed E-state index contributed by atoms with van der Waals surface area (Å²) in [6, 6.07) is 0.261. The highest BCUT2D eigenvalue weighted by molar-refractivity contribution is 7.88. The third-order valence-electron chi connectivity index (χ3n) is 5.11. The van der Waals surface area contributed by atoms with Crippen LogP contribution >= 0.6 is 0 Å². The van der Waals surface area contributed by atoms with Crippen LogP contribution < -0.4 is 0 Å². The van der Waals surface area contributed by atoms with Gasteiger partial charge in [0.25, 0.3) is 0 Å². The maximum absolute atomic E-state index is 12.8. The zero-order chi connectivity index (χ0) is 16.5. The van der Waals surface area contributed by atoms with Gasteiger partial charge in [0.05, 0.1) is 12.2 Å². The standard InChI is InChI=1S/C15H29N3O3S/c1-12-10-16(2)9-7-14(12)17(3)15(19)13-6-5-8-18(11-13)22(4,20)21/h12-14H,5-11H2,1-4H3/t12-,13-,14+/m1/s1. The molecule has 1 amide bonds. The zero-order valence-corrected chi connectivity index (χ0v) is 15.0. The van der Waals surface area contributed by atoms with Gasteiger partial charge in [0, 0.05) is 32.7 Å². The van der Waals surface area contributed by atoms with Gasteiger partial charge in [0.1, 0.15) is 0 Å². The average Bonchev–Trinajstić information content (AvgIpc) is 2.45. The van der Waals surface area contributed by atoms with Gasteiger partial charge in [-0.25, -0.2) is 12.7 Å². The van der Waals surface area contributed by atoms with Crippen molar-refractivity contribution in [3.05, 3.63) is 0 Å². The minimum atomic E-state index is -3.21. The molecule has 0 aromatic carbocycles. The Hall–Kier alpha value is -0.660. The SMILES string of the molecule is C[C@@H]1CN(C)CC[C@@H]1N(C)C(=O)[C@@H]1CCCN(S(C)(=O)=O)C1. The smallest absolute Gasteiger partial charge is 0.227 e. The number of hydrogen-bond acceptors (Lipinski definition) is 4. The van der Waals surface area contributed by atoms with Crippen molar-refractivity contribution < 1.29 is 13.2 Å². The molecule has 0 radical (unpaired) electrons. The number of carbonyl (C=O) groups is 1. The minimum Gasteiger partial charge on any atom is -0.342 e. The molecule has 2 fully saturated rings. The summed E-state index contributed by atoms with van der Waals surface area (Å²) >= 11 is 0. The van der Waals surface area contributed by atoms with Gasteiger partial charge in [0.15, 0.2) is 0 Å². The van der Waals surface area contributed by atoms with Crippen molar-refractivity contribution in [2.75, 3.05) is 46.5 Å². The summed E-state index contributed by atoms with van der Waals surface area (Å²) < 4.78 is 24.9. The van der Waals surface area contributed by atoms with E-state index in [9.17, 15) is 13.2 Å². The first-order valence-corrected chi connectivity index (χ1v) is 9.95. The van der Waals surface area contributed by atoms with E-state index in [-0.39, 0.29) is 17.9 Å². The molecule has 22 heavy (non-hydrogen) atoms. The monoisotopic (exact) mass is 331 g/mol. The first kappa shape index (κ1) is 17.7. The van der Waals surface area contributed by atoms with Crippen LogP contribution in [-0.4, -0.2) is 81.0 Å². The number of carbonyl (C=O) groups excluding carboxylic acids is 1. The number of piperidine rings is 2. The Labute approximate surface area is 134 Å². The van der Waals surface area contributed by atoms with Crippen LogP contribution in [0.2, 0.25) is 0 Å². The van der Waals surface area contributed by atoms with Gasteiger partial charge in [-0.2, -0.15) is 0 Å². The summed E-state index contributed by atoms with van der Waals surface area (Å²) in [6.45, 7) is 5.07. The lowest BCUT2D eigenvalue weighted by molar-refractivity contribution is -0.139. The molecule has 3 atom stereocenters. The topological polar surface area (TPSA) is 60.9 Å². The maximum atomic E-state index is 12.8. The van der Waals surface area contributed by atoms with E-state index < -0.39 is 10.0 Å². The van der Waals surface area contributed by atoms with Crippen molar-refractivity contribution in [1.82, 2.24) is 14.1 Å². The third kappa shape index (κ3) is 4.00. The Morgan fingerprint density at radius 2 is 1.86 bits per heavy atom. The maximum Gasteiger partial charge on any atom is 0.227 e. The lowest BCUT2D eigenvalue weighted by Gasteiger charge is -2.42. The van der Waals surface area contributed by atoms with Gasteiger partial charge in [-0.3, -0.25) is 4.79 Å². The molecule has 0 N–H and O–H groups in total. The molecule has 7 heteroatoms. The second-order valence-electron chi connectivity index (χ2n) is 7.00. The Bertz CT molecular complexity index is 508. The molecule has 2 aliphatic rings. The van der Waals surface area contributed by atoms with Crippen LogP contribution in [0.25, 0.3) is 0 Å². The summed E-state index contributed by atoms with van der Waals surface area (Å²) in [5, 5.41) is 0. The third-order valence-corrected chi connectivity index (χ3v) is 6.38. The summed E-state index contributed by atoms with van der Waals surface area (Å²) in [6.07, 6.45) is 3.77. The van der Waals surface area contributed by atoms with E-state index >= 15 is 0 Å². The molecule has 0 unspecified atom stereocenters. The summed E-state index contributed by atoms with van der Waals surface area (Å²) in [4.78, 5) is 17.0. The Morgan fingerprint density at radius 3 is 2.45 bits per heavy atom. The van der Waals surface area contributed by atoms with Crippen LogP contribution in [0.3, 0.4) is 0 Å². The van der Waals surface area contributed by atoms with Crippen molar-refractivity contribution in [2.24, 2.45) is 11.8 Å². The van der Waals surface area contributed by atoms with Gasteiger partial charge in [-0.05, 0) is 38.8 Å². The number of likely N-dealkylation sites (tertiary alicyclic amines) is 1. The van der Waals surface area contributed by atoms with Crippen molar-refractivity contribution >= 4 is 15.9 Å². The van der Waals surface area contributed by atoms with Crippen molar-refractivity contribution in [3.63, 3.8) is 0 Å². The Morgan fingerprint density at radius 1 is 1.18 bits per heavy atom. The molecule has 2 rings (SSSR count). The molecule has 2 aliphatic heterocycles.